The van der Waals surface area contributed by atoms with E-state index >= 15 is 0 Å². The lowest BCUT2D eigenvalue weighted by atomic mass is 9.94. The van der Waals surface area contributed by atoms with Crippen LogP contribution in [-0.2, 0) is 10.1 Å². The Morgan fingerprint density at radius 1 is 1.35 bits per heavy atom. The van der Waals surface area contributed by atoms with E-state index in [1.165, 1.54) is 19.2 Å². The first kappa shape index (κ1) is 20.8. The second kappa shape index (κ2) is 6.95. The molecular formula is C12H11BrCl2F3O4S-. The van der Waals surface area contributed by atoms with Gasteiger partial charge in [0.1, 0.15) is 5.75 Å². The number of halogens is 6. The number of benzene rings is 1. The van der Waals surface area contributed by atoms with E-state index in [1.54, 1.807) is 6.92 Å². The highest BCUT2D eigenvalue weighted by Gasteiger charge is 2.58. The van der Waals surface area contributed by atoms with E-state index < -0.39 is 32.3 Å². The van der Waals surface area contributed by atoms with Crippen LogP contribution in [-0.4, -0.2) is 36.3 Å². The highest BCUT2D eigenvalue weighted by atomic mass is 79.9. The van der Waals surface area contributed by atoms with Gasteiger partial charge in [0.15, 0.2) is 0 Å². The molecule has 0 saturated heterocycles. The zero-order valence-electron chi connectivity index (χ0n) is 11.7. The van der Waals surface area contributed by atoms with Crippen LogP contribution in [0.1, 0.15) is 17.0 Å². The van der Waals surface area contributed by atoms with Crippen molar-refractivity contribution in [3.63, 3.8) is 0 Å². The second-order valence-corrected chi connectivity index (χ2v) is 8.40. The molecule has 23 heavy (non-hydrogen) atoms. The molecule has 1 unspecified atom stereocenters. The third-order valence-corrected chi connectivity index (χ3v) is 5.54. The molecule has 0 N–H and O–H groups in total. The van der Waals surface area contributed by atoms with Crippen LogP contribution in [0.3, 0.4) is 0 Å². The van der Waals surface area contributed by atoms with Crippen molar-refractivity contribution in [1.29, 1.82) is 0 Å². The molecular weight excluding hydrogens is 448 g/mol. The van der Waals surface area contributed by atoms with Gasteiger partial charge >= 0.3 is 6.18 Å². The van der Waals surface area contributed by atoms with Crippen LogP contribution in [0.2, 0.25) is 0 Å². The molecule has 1 aromatic carbocycles. The normalized spacial score (nSPS) is 14.7. The minimum absolute atomic E-state index is 0.0363. The molecule has 0 aliphatic carbocycles. The van der Waals surface area contributed by atoms with Crippen LogP contribution in [0.15, 0.2) is 16.6 Å². The van der Waals surface area contributed by atoms with Gasteiger partial charge < -0.3 is 9.29 Å². The largest absolute Gasteiger partial charge is 0.748 e. The molecule has 4 nitrogen and oxygen atoms in total. The Morgan fingerprint density at radius 3 is 2.26 bits per heavy atom. The molecule has 0 radical (unpaired) electrons. The zero-order valence-corrected chi connectivity index (χ0v) is 15.7. The summed E-state index contributed by atoms with van der Waals surface area (Å²) in [6, 6.07) is 2.77. The van der Waals surface area contributed by atoms with Crippen LogP contribution < -0.4 is 4.74 Å². The summed E-state index contributed by atoms with van der Waals surface area (Å²) in [6.07, 6.45) is -5.16. The lowest BCUT2D eigenvalue weighted by Crippen LogP contribution is -2.43. The number of hydrogen-bond donors (Lipinski definition) is 0. The van der Waals surface area contributed by atoms with Gasteiger partial charge in [0.2, 0.25) is 4.33 Å². The molecule has 0 aromatic heterocycles. The lowest BCUT2D eigenvalue weighted by Gasteiger charge is -2.33. The summed E-state index contributed by atoms with van der Waals surface area (Å²) in [4.78, 5) is 0. The van der Waals surface area contributed by atoms with Crippen LogP contribution >= 0.6 is 39.1 Å². The quantitative estimate of drug-likeness (QED) is 0.491. The average molecular weight is 459 g/mol. The summed E-state index contributed by atoms with van der Waals surface area (Å²) >= 11 is 13.9. The Balaban J connectivity index is 3.64. The molecule has 0 spiro atoms. The summed E-state index contributed by atoms with van der Waals surface area (Å²) in [7, 11) is -3.77. The fourth-order valence-corrected chi connectivity index (χ4v) is 4.03. The minimum Gasteiger partial charge on any atom is -0.748 e. The van der Waals surface area contributed by atoms with Crippen LogP contribution in [0.5, 0.6) is 5.75 Å². The first-order chi connectivity index (χ1) is 10.2. The molecule has 11 heteroatoms. The van der Waals surface area contributed by atoms with Gasteiger partial charge in [-0.25, -0.2) is 8.42 Å². The van der Waals surface area contributed by atoms with Crippen molar-refractivity contribution in [2.24, 2.45) is 0 Å². The van der Waals surface area contributed by atoms with E-state index in [9.17, 15) is 26.1 Å². The monoisotopic (exact) mass is 457 g/mol. The predicted molar refractivity (Wildman–Crippen MR) is 83.2 cm³/mol. The van der Waals surface area contributed by atoms with E-state index in [1.807, 2.05) is 0 Å². The number of hydrogen-bond acceptors (Lipinski definition) is 4. The maximum Gasteiger partial charge on any atom is 0.422 e. The van der Waals surface area contributed by atoms with Gasteiger partial charge in [-0.2, -0.15) is 13.2 Å². The Labute approximate surface area is 149 Å². The molecule has 0 bridgehead atoms. The molecule has 1 rings (SSSR count). The van der Waals surface area contributed by atoms with Crippen molar-refractivity contribution in [2.45, 2.75) is 23.4 Å². The molecule has 1 aromatic rings. The number of ether oxygens (including phenoxy) is 1. The van der Waals surface area contributed by atoms with Crippen molar-refractivity contribution in [3.8, 4) is 5.75 Å². The number of alkyl halides is 5. The first-order valence-electron chi connectivity index (χ1n) is 5.93. The lowest BCUT2D eigenvalue weighted by molar-refractivity contribution is -0.145. The number of methoxy groups -OCH3 is 1. The molecule has 0 heterocycles. The molecule has 0 saturated carbocycles. The number of rotatable bonds is 5. The Bertz CT molecular complexity index is 692. The molecule has 0 aliphatic heterocycles. The van der Waals surface area contributed by atoms with Crippen molar-refractivity contribution >= 4 is 49.2 Å². The fraction of sp³-hybridized carbons (Fsp3) is 0.500. The highest BCUT2D eigenvalue weighted by molar-refractivity contribution is 9.10. The maximum absolute atomic E-state index is 13.2. The zero-order chi connectivity index (χ0) is 18.2. The molecule has 0 fully saturated rings. The van der Waals surface area contributed by atoms with Gasteiger partial charge in [-0.1, -0.05) is 29.3 Å². The van der Waals surface area contributed by atoms with Gasteiger partial charge in [-0.05, 0) is 40.0 Å². The average Bonchev–Trinajstić information content (AvgIpc) is 2.36. The first-order valence-corrected chi connectivity index (χ1v) is 9.05. The third kappa shape index (κ3) is 4.88. The van der Waals surface area contributed by atoms with Crippen LogP contribution in [0.4, 0.5) is 13.2 Å². The standard InChI is InChI=1S/C12H12BrCl2F3O4S/c1-6-3-7(10(13)9(4-6)22-2)8(5-23(19,20)21)11(14,15)12(16,17)18/h3-4,8H,5H2,1-2H3,(H,19,20,21)/p-1. The topological polar surface area (TPSA) is 66.4 Å². The SMILES string of the molecule is COc1cc(C)cc(C(CS(=O)(=O)[O-])C(Cl)(Cl)C(F)(F)F)c1Br. The molecule has 0 aliphatic rings. The summed E-state index contributed by atoms with van der Waals surface area (Å²) in [5.74, 6) is -3.32. The van der Waals surface area contributed by atoms with E-state index in [0.717, 1.165) is 0 Å². The maximum atomic E-state index is 13.2. The molecule has 0 amide bonds. The Morgan fingerprint density at radius 2 is 1.87 bits per heavy atom. The van der Waals surface area contributed by atoms with Crippen molar-refractivity contribution < 1.29 is 30.9 Å². The smallest absolute Gasteiger partial charge is 0.422 e. The Hall–Kier alpha value is -0.220. The van der Waals surface area contributed by atoms with Gasteiger partial charge in [0, 0.05) is 11.7 Å². The summed E-state index contributed by atoms with van der Waals surface area (Å²) in [5.41, 5.74) is 0.281. The van der Waals surface area contributed by atoms with Crippen molar-refractivity contribution in [1.82, 2.24) is 0 Å². The minimum atomic E-state index is -5.16. The highest BCUT2D eigenvalue weighted by Crippen LogP contribution is 2.52. The summed E-state index contributed by atoms with van der Waals surface area (Å²) < 4.78 is 74.2. The van der Waals surface area contributed by atoms with Crippen LogP contribution in [0, 0.1) is 6.92 Å². The van der Waals surface area contributed by atoms with E-state index in [0.29, 0.717) is 5.56 Å². The van der Waals surface area contributed by atoms with E-state index in [-0.39, 0.29) is 15.8 Å². The Kier molecular flexibility index (Phi) is 6.29. The van der Waals surface area contributed by atoms with Gasteiger partial charge in [0.05, 0.1) is 21.7 Å². The second-order valence-electron chi connectivity index (χ2n) is 4.77. The van der Waals surface area contributed by atoms with Crippen molar-refractivity contribution in [3.05, 3.63) is 27.7 Å². The predicted octanol–water partition coefficient (Wildman–Crippen LogP) is 4.13. The van der Waals surface area contributed by atoms with Crippen LogP contribution in [0.25, 0.3) is 0 Å². The third-order valence-electron chi connectivity index (χ3n) is 2.99. The van der Waals surface area contributed by atoms with E-state index in [4.69, 9.17) is 27.9 Å². The number of aryl methyl sites for hydroxylation is 1. The molecule has 1 atom stereocenters. The van der Waals surface area contributed by atoms with E-state index in [2.05, 4.69) is 15.9 Å². The summed E-state index contributed by atoms with van der Waals surface area (Å²) in [5, 5.41) is 0. The van der Waals surface area contributed by atoms with Crippen molar-refractivity contribution in [2.75, 3.05) is 12.9 Å². The van der Waals surface area contributed by atoms with Gasteiger partial charge in [-0.3, -0.25) is 0 Å². The molecule has 132 valence electrons. The fourth-order valence-electron chi connectivity index (χ4n) is 1.96. The van der Waals surface area contributed by atoms with Gasteiger partial charge in [0.25, 0.3) is 0 Å². The summed E-state index contributed by atoms with van der Waals surface area (Å²) in [6.45, 7) is 1.55. The van der Waals surface area contributed by atoms with Gasteiger partial charge in [-0.15, -0.1) is 0 Å².